The molecule has 1 rings (SSSR count). The van der Waals surface area contributed by atoms with Crippen molar-refractivity contribution in [3.05, 3.63) is 21.9 Å². The third kappa shape index (κ3) is 8.06. The smallest absolute Gasteiger partial charge is 0.191 e. The fraction of sp³-hybridized carbons (Fsp3) is 0.643. The number of thiophene rings is 1. The number of nitrogens with zero attached hydrogens (tertiary/aromatic N) is 1. The van der Waals surface area contributed by atoms with Crippen molar-refractivity contribution in [3.63, 3.8) is 0 Å². The summed E-state index contributed by atoms with van der Waals surface area (Å²) in [7, 11) is 1.72. The summed E-state index contributed by atoms with van der Waals surface area (Å²) in [5.74, 6) is 0.880. The summed E-state index contributed by atoms with van der Waals surface area (Å²) in [6, 6.07) is 4.36. The summed E-state index contributed by atoms with van der Waals surface area (Å²) >= 11 is 1.84. The van der Waals surface area contributed by atoms with E-state index in [1.165, 1.54) is 9.75 Å². The molecular weight excluding hydrogens is 385 g/mol. The lowest BCUT2D eigenvalue weighted by Crippen LogP contribution is -2.38. The fourth-order valence-electron chi connectivity index (χ4n) is 1.62. The van der Waals surface area contributed by atoms with E-state index in [1.54, 1.807) is 7.11 Å². The maximum Gasteiger partial charge on any atom is 0.191 e. The molecule has 0 unspecified atom stereocenters. The molecule has 0 saturated carbocycles. The van der Waals surface area contributed by atoms with Gasteiger partial charge in [-0.2, -0.15) is 0 Å². The zero-order valence-electron chi connectivity index (χ0n) is 12.6. The number of hydrogen-bond donors (Lipinski definition) is 2. The third-order valence-electron chi connectivity index (χ3n) is 2.62. The Hall–Kier alpha value is -0.340. The highest BCUT2D eigenvalue weighted by molar-refractivity contribution is 14.0. The highest BCUT2D eigenvalue weighted by Gasteiger charge is 2.00. The Morgan fingerprint density at radius 1 is 1.25 bits per heavy atom. The topological polar surface area (TPSA) is 45.7 Å². The molecule has 0 fully saturated rings. The van der Waals surface area contributed by atoms with E-state index in [4.69, 9.17) is 4.74 Å². The van der Waals surface area contributed by atoms with Crippen molar-refractivity contribution in [1.82, 2.24) is 10.6 Å². The molecule has 20 heavy (non-hydrogen) atoms. The van der Waals surface area contributed by atoms with Gasteiger partial charge in [-0.05, 0) is 31.9 Å². The van der Waals surface area contributed by atoms with Gasteiger partial charge >= 0.3 is 0 Å². The molecule has 0 amide bonds. The first kappa shape index (κ1) is 19.7. The van der Waals surface area contributed by atoms with E-state index in [1.807, 2.05) is 11.3 Å². The number of nitrogens with one attached hydrogen (secondary N) is 2. The Morgan fingerprint density at radius 2 is 2.00 bits per heavy atom. The molecule has 1 aromatic heterocycles. The van der Waals surface area contributed by atoms with E-state index < -0.39 is 0 Å². The number of guanidine groups is 1. The van der Waals surface area contributed by atoms with Crippen LogP contribution < -0.4 is 10.6 Å². The molecule has 0 aliphatic heterocycles. The minimum Gasteiger partial charge on any atom is -0.385 e. The summed E-state index contributed by atoms with van der Waals surface area (Å²) in [5, 5.41) is 6.56. The lowest BCUT2D eigenvalue weighted by atomic mass is 10.4. The van der Waals surface area contributed by atoms with Crippen molar-refractivity contribution in [1.29, 1.82) is 0 Å². The van der Waals surface area contributed by atoms with Crippen molar-refractivity contribution in [2.75, 3.05) is 26.8 Å². The number of halogens is 1. The van der Waals surface area contributed by atoms with E-state index in [0.717, 1.165) is 45.0 Å². The second-order valence-electron chi connectivity index (χ2n) is 4.19. The van der Waals surface area contributed by atoms with Gasteiger partial charge in [-0.25, -0.2) is 4.99 Å². The number of hydrogen-bond acceptors (Lipinski definition) is 3. The normalized spacial score (nSPS) is 11.1. The van der Waals surface area contributed by atoms with E-state index in [2.05, 4.69) is 41.6 Å². The van der Waals surface area contributed by atoms with Gasteiger partial charge in [0.1, 0.15) is 0 Å². The molecule has 6 heteroatoms. The highest BCUT2D eigenvalue weighted by atomic mass is 127. The van der Waals surface area contributed by atoms with Crippen molar-refractivity contribution in [3.8, 4) is 0 Å². The summed E-state index contributed by atoms with van der Waals surface area (Å²) in [4.78, 5) is 7.32. The lowest BCUT2D eigenvalue weighted by molar-refractivity contribution is 0.195. The monoisotopic (exact) mass is 411 g/mol. The molecule has 0 spiro atoms. The quantitative estimate of drug-likeness (QED) is 0.299. The van der Waals surface area contributed by atoms with Gasteiger partial charge in [-0.1, -0.05) is 6.92 Å². The van der Waals surface area contributed by atoms with E-state index in [9.17, 15) is 0 Å². The second-order valence-corrected chi connectivity index (χ2v) is 5.44. The van der Waals surface area contributed by atoms with Gasteiger partial charge in [0.15, 0.2) is 5.96 Å². The van der Waals surface area contributed by atoms with Crippen molar-refractivity contribution >= 4 is 41.3 Å². The van der Waals surface area contributed by atoms with Crippen LogP contribution in [0, 0.1) is 0 Å². The second kappa shape index (κ2) is 12.4. The number of methoxy groups -OCH3 is 1. The zero-order valence-corrected chi connectivity index (χ0v) is 15.7. The molecule has 0 bridgehead atoms. The van der Waals surface area contributed by atoms with E-state index >= 15 is 0 Å². The van der Waals surface area contributed by atoms with E-state index in [0.29, 0.717) is 0 Å². The summed E-state index contributed by atoms with van der Waals surface area (Å²) in [6.45, 7) is 7.53. The molecule has 0 atom stereocenters. The zero-order chi connectivity index (χ0) is 13.9. The first-order valence-electron chi connectivity index (χ1n) is 6.88. The molecule has 0 aliphatic rings. The maximum absolute atomic E-state index is 5.03. The molecule has 116 valence electrons. The predicted molar refractivity (Wildman–Crippen MR) is 98.4 cm³/mol. The van der Waals surface area contributed by atoms with E-state index in [-0.39, 0.29) is 24.0 Å². The fourth-order valence-corrected chi connectivity index (χ4v) is 2.50. The third-order valence-corrected chi connectivity index (χ3v) is 3.83. The van der Waals surface area contributed by atoms with Crippen LogP contribution in [0.5, 0.6) is 0 Å². The maximum atomic E-state index is 5.03. The number of ether oxygens (including phenoxy) is 1. The van der Waals surface area contributed by atoms with Crippen LogP contribution in [0.25, 0.3) is 0 Å². The van der Waals surface area contributed by atoms with Crippen LogP contribution in [0.3, 0.4) is 0 Å². The number of aryl methyl sites for hydroxylation is 1. The SMILES string of the molecule is CCNC(=NCc1ccc(CC)s1)NCCCOC.I. The molecule has 2 N–H and O–H groups in total. The minimum absolute atomic E-state index is 0. The van der Waals surface area contributed by atoms with Gasteiger partial charge in [0.25, 0.3) is 0 Å². The summed E-state index contributed by atoms with van der Waals surface area (Å²) < 4.78 is 5.03. The van der Waals surface area contributed by atoms with Gasteiger partial charge < -0.3 is 15.4 Å². The molecule has 1 heterocycles. The molecule has 4 nitrogen and oxygen atoms in total. The van der Waals surface area contributed by atoms with Gasteiger partial charge in [0.05, 0.1) is 6.54 Å². The van der Waals surface area contributed by atoms with Crippen LogP contribution in [-0.2, 0) is 17.7 Å². The van der Waals surface area contributed by atoms with Gasteiger partial charge in [-0.15, -0.1) is 35.3 Å². The van der Waals surface area contributed by atoms with Crippen LogP contribution in [0.4, 0.5) is 0 Å². The number of aliphatic imine (C=N–C) groups is 1. The lowest BCUT2D eigenvalue weighted by Gasteiger charge is -2.10. The molecule has 0 radical (unpaired) electrons. The minimum atomic E-state index is 0. The van der Waals surface area contributed by atoms with Crippen LogP contribution in [0.15, 0.2) is 17.1 Å². The molecule has 0 saturated heterocycles. The molecule has 0 aliphatic carbocycles. The van der Waals surface area contributed by atoms with Crippen LogP contribution >= 0.6 is 35.3 Å². The van der Waals surface area contributed by atoms with Crippen LogP contribution in [0.2, 0.25) is 0 Å². The number of rotatable bonds is 8. The average Bonchev–Trinajstić information content (AvgIpc) is 2.88. The molecular formula is C14H26IN3OS. The Kier molecular flexibility index (Phi) is 12.2. The summed E-state index contributed by atoms with van der Waals surface area (Å²) in [6.07, 6.45) is 2.09. The van der Waals surface area contributed by atoms with Gasteiger partial charge in [-0.3, -0.25) is 0 Å². The standard InChI is InChI=1S/C14H25N3OS.HI/c1-4-12-7-8-13(19-12)11-17-14(15-5-2)16-9-6-10-18-3;/h7-8H,4-6,9-11H2,1-3H3,(H2,15,16,17);1H. The first-order chi connectivity index (χ1) is 9.30. The predicted octanol–water partition coefficient (Wildman–Crippen LogP) is 3.02. The van der Waals surface area contributed by atoms with Crippen molar-refractivity contribution in [2.45, 2.75) is 33.2 Å². The van der Waals surface area contributed by atoms with Crippen LogP contribution in [-0.4, -0.2) is 32.8 Å². The Morgan fingerprint density at radius 3 is 2.60 bits per heavy atom. The van der Waals surface area contributed by atoms with Gasteiger partial charge in [0, 0.05) is 36.6 Å². The largest absolute Gasteiger partial charge is 0.385 e. The Labute approximate surface area is 143 Å². The summed E-state index contributed by atoms with van der Waals surface area (Å²) in [5.41, 5.74) is 0. The van der Waals surface area contributed by atoms with Gasteiger partial charge in [0.2, 0.25) is 0 Å². The average molecular weight is 411 g/mol. The molecule has 1 aromatic rings. The Balaban J connectivity index is 0.00000361. The highest BCUT2D eigenvalue weighted by Crippen LogP contribution is 2.17. The first-order valence-corrected chi connectivity index (χ1v) is 7.70. The van der Waals surface area contributed by atoms with Crippen molar-refractivity contribution in [2.24, 2.45) is 4.99 Å². The molecule has 0 aromatic carbocycles. The van der Waals surface area contributed by atoms with Crippen LogP contribution in [0.1, 0.15) is 30.0 Å². The Bertz CT molecular complexity index is 382. The van der Waals surface area contributed by atoms with Crippen molar-refractivity contribution < 1.29 is 4.74 Å².